The van der Waals surface area contributed by atoms with Gasteiger partial charge in [0.1, 0.15) is 29.0 Å². The molecule has 0 aliphatic carbocycles. The van der Waals surface area contributed by atoms with Crippen molar-refractivity contribution in [3.63, 3.8) is 0 Å². The van der Waals surface area contributed by atoms with Crippen molar-refractivity contribution in [1.29, 1.82) is 5.26 Å². The highest BCUT2D eigenvalue weighted by Gasteiger charge is 2.40. The Morgan fingerprint density at radius 3 is 2.37 bits per heavy atom. The highest BCUT2D eigenvalue weighted by Crippen LogP contribution is 2.37. The second kappa shape index (κ2) is 8.11. The maximum absolute atomic E-state index is 13.4. The number of carbonyl (C=O) groups is 1. The van der Waals surface area contributed by atoms with E-state index in [0.717, 1.165) is 37.3 Å². The van der Waals surface area contributed by atoms with E-state index in [2.05, 4.69) is 0 Å². The van der Waals surface area contributed by atoms with Crippen LogP contribution in [0.15, 0.2) is 30.3 Å². The maximum atomic E-state index is 13.4. The van der Waals surface area contributed by atoms with Gasteiger partial charge in [-0.1, -0.05) is 11.6 Å². The monoisotopic (exact) mass is 444 g/mol. The van der Waals surface area contributed by atoms with Gasteiger partial charge in [0, 0.05) is 25.1 Å². The molecule has 1 heterocycles. The topological polar surface area (TPSA) is 53.3 Å². The molecule has 1 amide bonds. The number of hydrogen-bond acceptors (Lipinski definition) is 3. The van der Waals surface area contributed by atoms with Crippen molar-refractivity contribution < 1.29 is 31.5 Å². The lowest BCUT2D eigenvalue weighted by molar-refractivity contribution is -0.189. The summed E-state index contributed by atoms with van der Waals surface area (Å²) < 4.78 is 70.4. The highest BCUT2D eigenvalue weighted by atomic mass is 35.5. The molecule has 10 heteroatoms. The first-order chi connectivity index (χ1) is 14.0. The first-order valence-electron chi connectivity index (χ1n) is 8.72. The Hall–Kier alpha value is -2.86. The van der Waals surface area contributed by atoms with Crippen molar-refractivity contribution in [2.24, 2.45) is 0 Å². The van der Waals surface area contributed by atoms with Crippen LogP contribution in [0, 0.1) is 23.0 Å². The molecule has 30 heavy (non-hydrogen) atoms. The molecule has 0 aromatic heterocycles. The summed E-state index contributed by atoms with van der Waals surface area (Å²) in [4.78, 5) is 14.2. The predicted octanol–water partition coefficient (Wildman–Crippen LogP) is 5.06. The fourth-order valence-electron chi connectivity index (χ4n) is 3.02. The van der Waals surface area contributed by atoms with Crippen LogP contribution in [-0.2, 0) is 0 Å². The second-order valence-corrected chi connectivity index (χ2v) is 7.20. The van der Waals surface area contributed by atoms with Crippen molar-refractivity contribution in [3.8, 4) is 11.8 Å². The number of ether oxygens (including phenoxy) is 1. The fourth-order valence-corrected chi connectivity index (χ4v) is 3.30. The van der Waals surface area contributed by atoms with E-state index in [9.17, 15) is 26.7 Å². The zero-order chi connectivity index (χ0) is 22.2. The third-order valence-electron chi connectivity index (χ3n) is 4.73. The van der Waals surface area contributed by atoms with Crippen LogP contribution in [0.2, 0.25) is 5.02 Å². The Balaban J connectivity index is 1.86. The van der Waals surface area contributed by atoms with Crippen LogP contribution in [0.1, 0.15) is 34.3 Å². The SMILES string of the molecule is C[C@H](Oc1ccc(C#N)c(Cl)c1C(=O)N1CC(c2cc(F)cc(F)c2)C1)C(F)(F)F. The maximum Gasteiger partial charge on any atom is 0.425 e. The first kappa shape index (κ1) is 21.8. The summed E-state index contributed by atoms with van der Waals surface area (Å²) in [6.07, 6.45) is -6.89. The molecule has 1 atom stereocenters. The van der Waals surface area contributed by atoms with Gasteiger partial charge < -0.3 is 9.64 Å². The third kappa shape index (κ3) is 4.33. The number of rotatable bonds is 4. The number of carbonyl (C=O) groups excluding carboxylic acids is 1. The Labute approximate surface area is 173 Å². The van der Waals surface area contributed by atoms with Gasteiger partial charge in [0.2, 0.25) is 0 Å². The minimum atomic E-state index is -4.68. The summed E-state index contributed by atoms with van der Waals surface area (Å²) in [5.41, 5.74) is -0.109. The van der Waals surface area contributed by atoms with E-state index in [1.807, 2.05) is 0 Å². The van der Waals surface area contributed by atoms with Crippen LogP contribution in [0.3, 0.4) is 0 Å². The van der Waals surface area contributed by atoms with E-state index in [1.54, 1.807) is 6.07 Å². The van der Waals surface area contributed by atoms with Crippen molar-refractivity contribution in [2.75, 3.05) is 13.1 Å². The molecule has 4 nitrogen and oxygen atoms in total. The van der Waals surface area contributed by atoms with Crippen LogP contribution in [0.4, 0.5) is 22.0 Å². The van der Waals surface area contributed by atoms with E-state index in [1.165, 1.54) is 4.90 Å². The van der Waals surface area contributed by atoms with Crippen LogP contribution in [0.5, 0.6) is 5.75 Å². The van der Waals surface area contributed by atoms with Crippen LogP contribution >= 0.6 is 11.6 Å². The van der Waals surface area contributed by atoms with Gasteiger partial charge in [-0.15, -0.1) is 0 Å². The Bertz CT molecular complexity index is 1010. The number of alkyl halides is 3. The smallest absolute Gasteiger partial charge is 0.425 e. The zero-order valence-corrected chi connectivity index (χ0v) is 16.2. The van der Waals surface area contributed by atoms with Gasteiger partial charge in [0.25, 0.3) is 5.91 Å². The largest absolute Gasteiger partial charge is 0.480 e. The number of likely N-dealkylation sites (tertiary alicyclic amines) is 1. The highest BCUT2D eigenvalue weighted by molar-refractivity contribution is 6.35. The molecule has 0 unspecified atom stereocenters. The number of amides is 1. The van der Waals surface area contributed by atoms with Gasteiger partial charge in [-0.2, -0.15) is 18.4 Å². The quantitative estimate of drug-likeness (QED) is 0.619. The molecule has 1 fully saturated rings. The molecule has 0 spiro atoms. The van der Waals surface area contributed by atoms with Gasteiger partial charge in [-0.05, 0) is 36.8 Å². The van der Waals surface area contributed by atoms with Gasteiger partial charge >= 0.3 is 6.18 Å². The third-order valence-corrected chi connectivity index (χ3v) is 5.12. The molecule has 0 radical (unpaired) electrons. The van der Waals surface area contributed by atoms with E-state index in [-0.39, 0.29) is 35.2 Å². The molecule has 0 saturated carbocycles. The summed E-state index contributed by atoms with van der Waals surface area (Å²) in [5.74, 6) is -3.01. The van der Waals surface area contributed by atoms with Crippen LogP contribution in [-0.4, -0.2) is 36.2 Å². The van der Waals surface area contributed by atoms with E-state index >= 15 is 0 Å². The first-order valence-corrected chi connectivity index (χ1v) is 9.10. The Kier molecular flexibility index (Phi) is 5.90. The van der Waals surface area contributed by atoms with Crippen molar-refractivity contribution in [2.45, 2.75) is 25.1 Å². The number of halogens is 6. The van der Waals surface area contributed by atoms with Gasteiger partial charge in [-0.3, -0.25) is 4.79 Å². The number of nitrogens with zero attached hydrogens (tertiary/aromatic N) is 2. The Morgan fingerprint density at radius 2 is 1.83 bits per heavy atom. The molecule has 1 aliphatic heterocycles. The molecule has 1 saturated heterocycles. The predicted molar refractivity (Wildman–Crippen MR) is 97.3 cm³/mol. The lowest BCUT2D eigenvalue weighted by Gasteiger charge is -2.40. The molecule has 3 rings (SSSR count). The molecule has 1 aliphatic rings. The molecule has 158 valence electrons. The second-order valence-electron chi connectivity index (χ2n) is 6.82. The van der Waals surface area contributed by atoms with E-state index < -0.39 is 35.6 Å². The summed E-state index contributed by atoms with van der Waals surface area (Å²) in [6, 6.07) is 7.03. The number of hydrogen-bond donors (Lipinski definition) is 0. The summed E-state index contributed by atoms with van der Waals surface area (Å²) in [7, 11) is 0. The lowest BCUT2D eigenvalue weighted by Crippen LogP contribution is -2.48. The summed E-state index contributed by atoms with van der Waals surface area (Å²) in [6.45, 7) is 0.921. The van der Waals surface area contributed by atoms with Gasteiger partial charge in [0.15, 0.2) is 6.10 Å². The van der Waals surface area contributed by atoms with E-state index in [0.29, 0.717) is 5.56 Å². The number of nitriles is 1. The normalized spacial score (nSPS) is 15.3. The molecule has 2 aromatic carbocycles. The average Bonchev–Trinajstić information content (AvgIpc) is 2.59. The molecule has 0 N–H and O–H groups in total. The lowest BCUT2D eigenvalue weighted by atomic mass is 9.90. The van der Waals surface area contributed by atoms with Crippen molar-refractivity contribution >= 4 is 17.5 Å². The van der Waals surface area contributed by atoms with Crippen molar-refractivity contribution in [3.05, 3.63) is 63.7 Å². The molecular weight excluding hydrogens is 431 g/mol. The zero-order valence-electron chi connectivity index (χ0n) is 15.4. The minimum absolute atomic E-state index is 0.0725. The van der Waals surface area contributed by atoms with Gasteiger partial charge in [0.05, 0.1) is 10.6 Å². The summed E-state index contributed by atoms with van der Waals surface area (Å²) in [5, 5.41) is 8.80. The van der Waals surface area contributed by atoms with Crippen molar-refractivity contribution in [1.82, 2.24) is 4.90 Å². The molecule has 0 bridgehead atoms. The van der Waals surface area contributed by atoms with E-state index in [4.69, 9.17) is 21.6 Å². The standard InChI is InChI=1S/C20H14ClF5N2O2/c1-10(20(24,25)26)30-16-3-2-11(7-27)18(21)17(16)19(29)28-8-13(9-28)12-4-14(22)6-15(23)5-12/h2-6,10,13H,8-9H2,1H3/t10-/m0/s1. The Morgan fingerprint density at radius 1 is 1.23 bits per heavy atom. The fraction of sp³-hybridized carbons (Fsp3) is 0.300. The average molecular weight is 445 g/mol. The molecular formula is C20H14ClF5N2O2. The summed E-state index contributed by atoms with van der Waals surface area (Å²) >= 11 is 6.10. The van der Waals surface area contributed by atoms with Crippen LogP contribution < -0.4 is 4.74 Å². The van der Waals surface area contributed by atoms with Gasteiger partial charge in [-0.25, -0.2) is 8.78 Å². The van der Waals surface area contributed by atoms with Crippen LogP contribution in [0.25, 0.3) is 0 Å². The number of benzene rings is 2. The molecule has 2 aromatic rings. The minimum Gasteiger partial charge on any atom is -0.480 e.